The highest BCUT2D eigenvalue weighted by molar-refractivity contribution is 7.89. The molecule has 2 aromatic carbocycles. The van der Waals surface area contributed by atoms with Crippen LogP contribution in [0.2, 0.25) is 0 Å². The van der Waals surface area contributed by atoms with E-state index in [1.54, 1.807) is 17.0 Å². The molecular weight excluding hydrogens is 362 g/mol. The van der Waals surface area contributed by atoms with Gasteiger partial charge in [0.15, 0.2) is 0 Å². The minimum Gasteiger partial charge on any atom is -0.340 e. The number of hydrogen-bond donors (Lipinski definition) is 0. The SMILES string of the molecule is O=C(Cc1cccc(F)c1)N1CCN(S(=O)(=O)c2cccc(F)c2)CC1. The maximum Gasteiger partial charge on any atom is 0.243 e. The lowest BCUT2D eigenvalue weighted by molar-refractivity contribution is -0.131. The van der Waals surface area contributed by atoms with Crippen molar-refractivity contribution in [2.24, 2.45) is 0 Å². The highest BCUT2D eigenvalue weighted by atomic mass is 32.2. The van der Waals surface area contributed by atoms with Crippen LogP contribution in [0.1, 0.15) is 5.56 Å². The summed E-state index contributed by atoms with van der Waals surface area (Å²) in [6.07, 6.45) is 0.0639. The summed E-state index contributed by atoms with van der Waals surface area (Å²) in [5, 5.41) is 0. The maximum absolute atomic E-state index is 13.3. The van der Waals surface area contributed by atoms with Gasteiger partial charge in [0.05, 0.1) is 11.3 Å². The van der Waals surface area contributed by atoms with E-state index in [2.05, 4.69) is 0 Å². The molecule has 0 bridgehead atoms. The first kappa shape index (κ1) is 18.5. The van der Waals surface area contributed by atoms with E-state index in [1.807, 2.05) is 0 Å². The summed E-state index contributed by atoms with van der Waals surface area (Å²) in [5.74, 6) is -1.20. The van der Waals surface area contributed by atoms with Crippen LogP contribution in [0.4, 0.5) is 8.78 Å². The summed E-state index contributed by atoms with van der Waals surface area (Å²) in [5.41, 5.74) is 0.574. The zero-order chi connectivity index (χ0) is 18.7. The molecule has 5 nitrogen and oxygen atoms in total. The smallest absolute Gasteiger partial charge is 0.243 e. The summed E-state index contributed by atoms with van der Waals surface area (Å²) in [6, 6.07) is 10.7. The van der Waals surface area contributed by atoms with Crippen LogP contribution in [-0.2, 0) is 21.2 Å². The number of benzene rings is 2. The van der Waals surface area contributed by atoms with Gasteiger partial charge in [0.25, 0.3) is 0 Å². The van der Waals surface area contributed by atoms with E-state index in [0.29, 0.717) is 5.56 Å². The largest absolute Gasteiger partial charge is 0.340 e. The molecule has 138 valence electrons. The van der Waals surface area contributed by atoms with Gasteiger partial charge in [-0.05, 0) is 35.9 Å². The molecule has 1 aliphatic rings. The average Bonchev–Trinajstić information content (AvgIpc) is 2.62. The van der Waals surface area contributed by atoms with Crippen molar-refractivity contribution in [3.05, 3.63) is 65.7 Å². The second-order valence-corrected chi connectivity index (χ2v) is 7.99. The number of carbonyl (C=O) groups is 1. The van der Waals surface area contributed by atoms with E-state index in [0.717, 1.165) is 6.07 Å². The lowest BCUT2D eigenvalue weighted by Crippen LogP contribution is -2.50. The van der Waals surface area contributed by atoms with Gasteiger partial charge in [0, 0.05) is 26.2 Å². The molecule has 1 heterocycles. The summed E-state index contributed by atoms with van der Waals surface area (Å²) in [7, 11) is -3.79. The van der Waals surface area contributed by atoms with Crippen molar-refractivity contribution in [3.63, 3.8) is 0 Å². The van der Waals surface area contributed by atoms with Crippen LogP contribution in [0.5, 0.6) is 0 Å². The molecule has 26 heavy (non-hydrogen) atoms. The van der Waals surface area contributed by atoms with Gasteiger partial charge in [0.1, 0.15) is 11.6 Å². The number of piperazine rings is 1. The number of hydrogen-bond acceptors (Lipinski definition) is 3. The number of amides is 1. The number of halogens is 2. The van der Waals surface area contributed by atoms with E-state index < -0.39 is 21.7 Å². The molecule has 0 saturated carbocycles. The zero-order valence-electron chi connectivity index (χ0n) is 13.9. The molecule has 1 amide bonds. The third-order valence-electron chi connectivity index (χ3n) is 4.27. The first-order chi connectivity index (χ1) is 12.4. The first-order valence-electron chi connectivity index (χ1n) is 8.14. The summed E-state index contributed by atoms with van der Waals surface area (Å²) < 4.78 is 52.9. The van der Waals surface area contributed by atoms with Gasteiger partial charge in [-0.2, -0.15) is 4.31 Å². The van der Waals surface area contributed by atoms with Crippen LogP contribution in [0.15, 0.2) is 53.4 Å². The quantitative estimate of drug-likeness (QED) is 0.816. The monoisotopic (exact) mass is 380 g/mol. The molecule has 0 radical (unpaired) electrons. The Labute approximate surface area is 150 Å². The Morgan fingerprint density at radius 3 is 2.15 bits per heavy atom. The third-order valence-corrected chi connectivity index (χ3v) is 6.16. The number of rotatable bonds is 4. The van der Waals surface area contributed by atoms with Crippen LogP contribution < -0.4 is 0 Å². The highest BCUT2D eigenvalue weighted by Gasteiger charge is 2.30. The maximum atomic E-state index is 13.3. The standard InChI is InChI=1S/C18H18F2N2O3S/c19-15-4-1-3-14(11-15)12-18(23)21-7-9-22(10-8-21)26(24,25)17-6-2-5-16(20)13-17/h1-6,11,13H,7-10,12H2. The van der Waals surface area contributed by atoms with E-state index in [1.165, 1.54) is 34.6 Å². The van der Waals surface area contributed by atoms with Crippen molar-refractivity contribution >= 4 is 15.9 Å². The third kappa shape index (κ3) is 4.08. The minimum absolute atomic E-state index is 0.0639. The molecule has 1 fully saturated rings. The first-order valence-corrected chi connectivity index (χ1v) is 9.58. The van der Waals surface area contributed by atoms with E-state index in [9.17, 15) is 22.0 Å². The van der Waals surface area contributed by atoms with Crippen molar-refractivity contribution in [1.82, 2.24) is 9.21 Å². The molecule has 0 aliphatic carbocycles. The molecule has 8 heteroatoms. The van der Waals surface area contributed by atoms with Crippen LogP contribution in [-0.4, -0.2) is 49.7 Å². The average molecular weight is 380 g/mol. The molecule has 2 aromatic rings. The van der Waals surface area contributed by atoms with E-state index in [4.69, 9.17) is 0 Å². The van der Waals surface area contributed by atoms with Crippen molar-refractivity contribution in [2.45, 2.75) is 11.3 Å². The Morgan fingerprint density at radius 2 is 1.54 bits per heavy atom. The molecule has 3 rings (SSSR count). The topological polar surface area (TPSA) is 57.7 Å². The van der Waals surface area contributed by atoms with Gasteiger partial charge in [0.2, 0.25) is 15.9 Å². The van der Waals surface area contributed by atoms with Gasteiger partial charge in [-0.15, -0.1) is 0 Å². The number of sulfonamides is 1. The second-order valence-electron chi connectivity index (χ2n) is 6.05. The van der Waals surface area contributed by atoms with Gasteiger partial charge in [-0.1, -0.05) is 18.2 Å². The molecule has 0 N–H and O–H groups in total. The van der Waals surface area contributed by atoms with E-state index >= 15 is 0 Å². The van der Waals surface area contributed by atoms with Crippen molar-refractivity contribution in [1.29, 1.82) is 0 Å². The van der Waals surface area contributed by atoms with Crippen LogP contribution >= 0.6 is 0 Å². The van der Waals surface area contributed by atoms with Gasteiger partial charge < -0.3 is 4.90 Å². The predicted octanol–water partition coefficient (Wildman–Crippen LogP) is 2.04. The molecular formula is C18H18F2N2O3S. The van der Waals surface area contributed by atoms with Gasteiger partial charge in [-0.25, -0.2) is 17.2 Å². The van der Waals surface area contributed by atoms with Crippen LogP contribution in [0, 0.1) is 11.6 Å². The highest BCUT2D eigenvalue weighted by Crippen LogP contribution is 2.19. The Bertz CT molecular complexity index is 910. The zero-order valence-corrected chi connectivity index (χ0v) is 14.8. The van der Waals surface area contributed by atoms with Crippen LogP contribution in [0.25, 0.3) is 0 Å². The van der Waals surface area contributed by atoms with Gasteiger partial charge in [-0.3, -0.25) is 4.79 Å². The Morgan fingerprint density at radius 1 is 0.923 bits per heavy atom. The lowest BCUT2D eigenvalue weighted by atomic mass is 10.1. The molecule has 0 unspecified atom stereocenters. The fourth-order valence-corrected chi connectivity index (χ4v) is 4.34. The number of nitrogens with zero attached hydrogens (tertiary/aromatic N) is 2. The normalized spacial score (nSPS) is 15.8. The molecule has 1 saturated heterocycles. The fraction of sp³-hybridized carbons (Fsp3) is 0.278. The summed E-state index contributed by atoms with van der Waals surface area (Å²) in [4.78, 5) is 13.8. The molecule has 1 aliphatic heterocycles. The Balaban J connectivity index is 1.62. The van der Waals surface area contributed by atoms with Crippen molar-refractivity contribution in [2.75, 3.05) is 26.2 Å². The van der Waals surface area contributed by atoms with Crippen molar-refractivity contribution < 1.29 is 22.0 Å². The second kappa shape index (κ2) is 7.51. The molecule has 0 atom stereocenters. The van der Waals surface area contributed by atoms with Gasteiger partial charge >= 0.3 is 0 Å². The minimum atomic E-state index is -3.79. The number of carbonyl (C=O) groups excluding carboxylic acids is 1. The lowest BCUT2D eigenvalue weighted by Gasteiger charge is -2.34. The predicted molar refractivity (Wildman–Crippen MR) is 91.8 cm³/mol. The summed E-state index contributed by atoms with van der Waals surface area (Å²) in [6.45, 7) is 0.743. The summed E-state index contributed by atoms with van der Waals surface area (Å²) >= 11 is 0. The fourth-order valence-electron chi connectivity index (χ4n) is 2.89. The Kier molecular flexibility index (Phi) is 5.33. The van der Waals surface area contributed by atoms with E-state index in [-0.39, 0.29) is 43.4 Å². The van der Waals surface area contributed by atoms with Crippen molar-refractivity contribution in [3.8, 4) is 0 Å². The molecule has 0 aromatic heterocycles. The van der Waals surface area contributed by atoms with Crippen LogP contribution in [0.3, 0.4) is 0 Å². The Hall–Kier alpha value is -2.32. The molecule has 0 spiro atoms.